The largest absolute Gasteiger partial charge is 0.481 e. The van der Waals surface area contributed by atoms with Crippen LogP contribution in [0.15, 0.2) is 36.4 Å². The van der Waals surface area contributed by atoms with Crippen LogP contribution in [0.5, 0.6) is 0 Å². The van der Waals surface area contributed by atoms with E-state index in [1.54, 1.807) is 17.8 Å². The van der Waals surface area contributed by atoms with Crippen LogP contribution in [0.3, 0.4) is 0 Å². The number of anilines is 1. The summed E-state index contributed by atoms with van der Waals surface area (Å²) in [7, 11) is 1.80. The highest BCUT2D eigenvalue weighted by molar-refractivity contribution is 5.88. The lowest BCUT2D eigenvalue weighted by Gasteiger charge is -2.18. The molecule has 3 N–H and O–H groups in total. The molecule has 128 valence electrons. The Morgan fingerprint density at radius 2 is 2.00 bits per heavy atom. The number of hydrogen-bond acceptors (Lipinski definition) is 3. The Morgan fingerprint density at radius 1 is 1.29 bits per heavy atom. The van der Waals surface area contributed by atoms with E-state index >= 15 is 0 Å². The van der Waals surface area contributed by atoms with Crippen LogP contribution in [-0.4, -0.2) is 32.9 Å². The molecule has 0 aliphatic heterocycles. The quantitative estimate of drug-likeness (QED) is 0.726. The third-order valence-corrected chi connectivity index (χ3v) is 3.72. The van der Waals surface area contributed by atoms with Crippen molar-refractivity contribution in [1.29, 1.82) is 0 Å². The minimum Gasteiger partial charge on any atom is -0.481 e. The molecular formula is C17H22N4O3. The third-order valence-electron chi connectivity index (χ3n) is 3.72. The van der Waals surface area contributed by atoms with Crippen molar-refractivity contribution < 1.29 is 14.7 Å². The van der Waals surface area contributed by atoms with E-state index in [1.165, 1.54) is 0 Å². The Kier molecular flexibility index (Phi) is 5.95. The molecule has 7 heteroatoms. The van der Waals surface area contributed by atoms with Crippen molar-refractivity contribution in [2.75, 3.05) is 5.32 Å². The summed E-state index contributed by atoms with van der Waals surface area (Å²) < 4.78 is 1.67. The Hall–Kier alpha value is -2.83. The van der Waals surface area contributed by atoms with E-state index in [1.807, 2.05) is 37.3 Å². The Labute approximate surface area is 140 Å². The highest BCUT2D eigenvalue weighted by atomic mass is 16.4. The zero-order valence-corrected chi connectivity index (χ0v) is 13.8. The van der Waals surface area contributed by atoms with Crippen LogP contribution in [0.2, 0.25) is 0 Å². The second-order valence-electron chi connectivity index (χ2n) is 5.71. The second kappa shape index (κ2) is 8.14. The summed E-state index contributed by atoms with van der Waals surface area (Å²) >= 11 is 0. The van der Waals surface area contributed by atoms with Gasteiger partial charge < -0.3 is 10.4 Å². The number of aryl methyl sites for hydroxylation is 2. The minimum atomic E-state index is -0.879. The van der Waals surface area contributed by atoms with E-state index < -0.39 is 5.97 Å². The number of aliphatic carboxylic acids is 1. The normalized spacial score (nSPS) is 11.8. The number of carboxylic acids is 1. The fourth-order valence-corrected chi connectivity index (χ4v) is 2.38. The molecule has 0 fully saturated rings. The topological polar surface area (TPSA) is 96.2 Å². The molecule has 2 aromatic rings. The van der Waals surface area contributed by atoms with Crippen molar-refractivity contribution in [2.24, 2.45) is 7.05 Å². The van der Waals surface area contributed by atoms with Crippen LogP contribution in [0.4, 0.5) is 10.6 Å². The number of carbonyl (C=O) groups excluding carboxylic acids is 1. The maximum Gasteiger partial charge on any atom is 0.320 e. The molecule has 1 unspecified atom stereocenters. The number of benzene rings is 1. The minimum absolute atomic E-state index is 0.000472. The van der Waals surface area contributed by atoms with Crippen molar-refractivity contribution in [2.45, 2.75) is 32.2 Å². The molecule has 0 aliphatic carbocycles. The maximum atomic E-state index is 12.2. The zero-order chi connectivity index (χ0) is 17.5. The van der Waals surface area contributed by atoms with Crippen LogP contribution in [0.25, 0.3) is 0 Å². The predicted molar refractivity (Wildman–Crippen MR) is 90.9 cm³/mol. The van der Waals surface area contributed by atoms with Crippen molar-refractivity contribution in [1.82, 2.24) is 15.1 Å². The molecule has 7 nitrogen and oxygen atoms in total. The standard InChI is InChI=1S/C17H22N4O3/c1-12-10-15(20-21(12)2)19-17(24)18-14(8-9-16(22)23)11-13-6-4-3-5-7-13/h3-7,10,14H,8-9,11H2,1-2H3,(H,22,23)(H2,18,19,20,24). The highest BCUT2D eigenvalue weighted by Crippen LogP contribution is 2.10. The number of nitrogens with one attached hydrogen (secondary N) is 2. The average molecular weight is 330 g/mol. The van der Waals surface area contributed by atoms with Crippen LogP contribution in [-0.2, 0) is 18.3 Å². The molecule has 1 aromatic carbocycles. The first-order chi connectivity index (χ1) is 11.4. The van der Waals surface area contributed by atoms with Gasteiger partial charge in [0.05, 0.1) is 0 Å². The molecule has 0 bridgehead atoms. The molecule has 1 atom stereocenters. The number of carbonyl (C=O) groups is 2. The van der Waals surface area contributed by atoms with Crippen LogP contribution in [0.1, 0.15) is 24.1 Å². The fourth-order valence-electron chi connectivity index (χ4n) is 2.38. The summed E-state index contributed by atoms with van der Waals surface area (Å²) in [6.45, 7) is 1.89. The molecule has 2 rings (SSSR count). The first-order valence-electron chi connectivity index (χ1n) is 7.78. The van der Waals surface area contributed by atoms with Crippen molar-refractivity contribution >= 4 is 17.8 Å². The van der Waals surface area contributed by atoms with Gasteiger partial charge in [0.25, 0.3) is 0 Å². The van der Waals surface area contributed by atoms with Gasteiger partial charge in [0.15, 0.2) is 5.82 Å². The summed E-state index contributed by atoms with van der Waals surface area (Å²) in [6, 6.07) is 10.8. The number of hydrogen-bond donors (Lipinski definition) is 3. The molecule has 0 aliphatic rings. The molecule has 1 heterocycles. The molecule has 2 amide bonds. The van der Waals surface area contributed by atoms with Gasteiger partial charge in [0, 0.05) is 31.3 Å². The zero-order valence-electron chi connectivity index (χ0n) is 13.8. The summed E-state index contributed by atoms with van der Waals surface area (Å²) in [5, 5.41) is 18.6. The first-order valence-corrected chi connectivity index (χ1v) is 7.78. The molecule has 0 spiro atoms. The molecule has 1 aromatic heterocycles. The monoisotopic (exact) mass is 330 g/mol. The van der Waals surface area contributed by atoms with Crippen molar-refractivity contribution in [3.8, 4) is 0 Å². The lowest BCUT2D eigenvalue weighted by atomic mass is 10.0. The Morgan fingerprint density at radius 3 is 2.58 bits per heavy atom. The summed E-state index contributed by atoms with van der Waals surface area (Å²) in [6.07, 6.45) is 0.933. The Bertz CT molecular complexity index is 678. The number of carboxylic acid groups (broad SMARTS) is 1. The van der Waals surface area contributed by atoms with E-state index in [4.69, 9.17) is 5.11 Å². The van der Waals surface area contributed by atoms with Crippen LogP contribution < -0.4 is 10.6 Å². The molecule has 0 saturated carbocycles. The predicted octanol–water partition coefficient (Wildman–Crippen LogP) is 2.33. The molecule has 24 heavy (non-hydrogen) atoms. The van der Waals surface area contributed by atoms with Gasteiger partial charge in [-0.25, -0.2) is 4.79 Å². The molecular weight excluding hydrogens is 308 g/mol. The number of rotatable bonds is 7. The maximum absolute atomic E-state index is 12.2. The highest BCUT2D eigenvalue weighted by Gasteiger charge is 2.15. The van der Waals surface area contributed by atoms with Gasteiger partial charge in [-0.2, -0.15) is 5.10 Å². The summed E-state index contributed by atoms with van der Waals surface area (Å²) in [5.41, 5.74) is 1.97. The van der Waals surface area contributed by atoms with E-state index in [9.17, 15) is 9.59 Å². The lowest BCUT2D eigenvalue weighted by Crippen LogP contribution is -2.39. The molecule has 0 saturated heterocycles. The number of aromatic nitrogens is 2. The number of urea groups is 1. The van der Waals surface area contributed by atoms with Gasteiger partial charge >= 0.3 is 12.0 Å². The van der Waals surface area contributed by atoms with E-state index in [-0.39, 0.29) is 18.5 Å². The number of amides is 2. The summed E-state index contributed by atoms with van der Waals surface area (Å²) in [4.78, 5) is 23.0. The van der Waals surface area contributed by atoms with Crippen molar-refractivity contribution in [3.05, 3.63) is 47.7 Å². The van der Waals surface area contributed by atoms with Crippen LogP contribution >= 0.6 is 0 Å². The van der Waals surface area contributed by atoms with E-state index in [0.717, 1.165) is 11.3 Å². The van der Waals surface area contributed by atoms with Gasteiger partial charge in [0.2, 0.25) is 0 Å². The Balaban J connectivity index is 1.97. The van der Waals surface area contributed by atoms with Gasteiger partial charge in [0.1, 0.15) is 0 Å². The van der Waals surface area contributed by atoms with Gasteiger partial charge in [-0.15, -0.1) is 0 Å². The molecule has 0 radical (unpaired) electrons. The van der Waals surface area contributed by atoms with Gasteiger partial charge in [-0.3, -0.25) is 14.8 Å². The lowest BCUT2D eigenvalue weighted by molar-refractivity contribution is -0.137. The smallest absolute Gasteiger partial charge is 0.320 e. The fraction of sp³-hybridized carbons (Fsp3) is 0.353. The SMILES string of the molecule is Cc1cc(NC(=O)NC(CCC(=O)O)Cc2ccccc2)nn1C. The van der Waals surface area contributed by atoms with Crippen molar-refractivity contribution in [3.63, 3.8) is 0 Å². The number of nitrogens with zero attached hydrogens (tertiary/aromatic N) is 2. The third kappa shape index (κ3) is 5.42. The van der Waals surface area contributed by atoms with E-state index in [0.29, 0.717) is 18.7 Å². The van der Waals surface area contributed by atoms with Gasteiger partial charge in [-0.05, 0) is 25.3 Å². The average Bonchev–Trinajstić information content (AvgIpc) is 2.83. The van der Waals surface area contributed by atoms with E-state index in [2.05, 4.69) is 15.7 Å². The second-order valence-corrected chi connectivity index (χ2v) is 5.71. The van der Waals surface area contributed by atoms with Gasteiger partial charge in [-0.1, -0.05) is 30.3 Å². The summed E-state index contributed by atoms with van der Waals surface area (Å²) in [5.74, 6) is -0.417. The van der Waals surface area contributed by atoms with Crippen LogP contribution in [0, 0.1) is 6.92 Å². The first kappa shape index (κ1) is 17.5.